The van der Waals surface area contributed by atoms with Gasteiger partial charge in [0, 0.05) is 19.2 Å². The van der Waals surface area contributed by atoms with Crippen molar-refractivity contribution in [2.75, 3.05) is 23.9 Å². The lowest BCUT2D eigenvalue weighted by atomic mass is 9.89. The van der Waals surface area contributed by atoms with Crippen LogP contribution in [0.3, 0.4) is 0 Å². The molecule has 1 aliphatic heterocycles. The van der Waals surface area contributed by atoms with Crippen molar-refractivity contribution in [1.82, 2.24) is 4.90 Å². The number of sulfone groups is 1. The van der Waals surface area contributed by atoms with Crippen LogP contribution in [0.2, 0.25) is 0 Å². The number of nitrogens with one attached hydrogen (secondary N) is 1. The molecule has 1 heterocycles. The lowest BCUT2D eigenvalue weighted by Crippen LogP contribution is -2.49. The van der Waals surface area contributed by atoms with Gasteiger partial charge in [-0.15, -0.1) is 0 Å². The lowest BCUT2D eigenvalue weighted by molar-refractivity contribution is -0.146. The minimum absolute atomic E-state index is 0.00268. The van der Waals surface area contributed by atoms with Crippen LogP contribution in [0.4, 0.5) is 14.5 Å². The van der Waals surface area contributed by atoms with Gasteiger partial charge in [-0.1, -0.05) is 0 Å². The summed E-state index contributed by atoms with van der Waals surface area (Å²) in [5.74, 6) is -3.22. The minimum atomic E-state index is -3.18. The summed E-state index contributed by atoms with van der Waals surface area (Å²) in [6, 6.07) is 2.19. The van der Waals surface area contributed by atoms with Crippen LogP contribution in [0, 0.1) is 17.0 Å². The minimum Gasteiger partial charge on any atom is -0.341 e. The molecule has 9 heteroatoms. The second kappa shape index (κ2) is 6.70. The van der Waals surface area contributed by atoms with Gasteiger partial charge in [-0.25, -0.2) is 17.2 Å². The van der Waals surface area contributed by atoms with E-state index in [1.54, 1.807) is 0 Å². The fourth-order valence-electron chi connectivity index (χ4n) is 2.65. The standard InChI is InChI=1S/C16H20F2N2O4S/c1-16(2,14(21)19-13-5-4-10(17)8-12(13)18)15(22)20(3)11-6-7-25(23,24)9-11/h4-5,8,11H,6-7,9H2,1-3H3,(H,19,21). The van der Waals surface area contributed by atoms with E-state index in [4.69, 9.17) is 0 Å². The van der Waals surface area contributed by atoms with E-state index in [0.29, 0.717) is 12.5 Å². The highest BCUT2D eigenvalue weighted by atomic mass is 32.2. The Kier molecular flexibility index (Phi) is 5.17. The molecule has 1 aromatic rings. The van der Waals surface area contributed by atoms with Crippen molar-refractivity contribution < 1.29 is 26.8 Å². The van der Waals surface area contributed by atoms with Crippen molar-refractivity contribution in [2.24, 2.45) is 5.41 Å². The van der Waals surface area contributed by atoms with Crippen molar-refractivity contribution in [2.45, 2.75) is 26.3 Å². The van der Waals surface area contributed by atoms with Crippen LogP contribution in [0.15, 0.2) is 18.2 Å². The van der Waals surface area contributed by atoms with E-state index in [1.165, 1.54) is 25.8 Å². The molecule has 1 unspecified atom stereocenters. The first-order chi connectivity index (χ1) is 11.4. The van der Waals surface area contributed by atoms with Gasteiger partial charge in [-0.2, -0.15) is 0 Å². The summed E-state index contributed by atoms with van der Waals surface area (Å²) in [5.41, 5.74) is -1.79. The van der Waals surface area contributed by atoms with Crippen LogP contribution in [-0.2, 0) is 19.4 Å². The number of halogens is 2. The Morgan fingerprint density at radius 2 is 1.92 bits per heavy atom. The van der Waals surface area contributed by atoms with Crippen LogP contribution in [-0.4, -0.2) is 49.7 Å². The van der Waals surface area contributed by atoms with E-state index < -0.39 is 44.7 Å². The molecule has 6 nitrogen and oxygen atoms in total. The molecule has 0 radical (unpaired) electrons. The molecule has 138 valence electrons. The normalized spacial score (nSPS) is 19.5. The van der Waals surface area contributed by atoms with Gasteiger partial charge in [-0.3, -0.25) is 9.59 Å². The van der Waals surface area contributed by atoms with Crippen LogP contribution in [0.1, 0.15) is 20.3 Å². The number of benzene rings is 1. The highest BCUT2D eigenvalue weighted by Crippen LogP contribution is 2.26. The first-order valence-electron chi connectivity index (χ1n) is 7.68. The van der Waals surface area contributed by atoms with Gasteiger partial charge in [0.1, 0.15) is 17.0 Å². The molecule has 0 saturated carbocycles. The van der Waals surface area contributed by atoms with Crippen LogP contribution in [0.5, 0.6) is 0 Å². The summed E-state index contributed by atoms with van der Waals surface area (Å²) in [4.78, 5) is 26.3. The Balaban J connectivity index is 2.13. The molecule has 1 atom stereocenters. The monoisotopic (exact) mass is 374 g/mol. The first kappa shape index (κ1) is 19.3. The maximum Gasteiger partial charge on any atom is 0.239 e. The molecule has 0 aliphatic carbocycles. The highest BCUT2D eigenvalue weighted by molar-refractivity contribution is 7.91. The number of carbonyl (C=O) groups is 2. The molecule has 1 N–H and O–H groups in total. The maximum atomic E-state index is 13.7. The number of amides is 2. The zero-order chi connectivity index (χ0) is 19.0. The third-order valence-corrected chi connectivity index (χ3v) is 6.11. The molecule has 1 aliphatic rings. The zero-order valence-corrected chi connectivity index (χ0v) is 15.0. The molecule has 0 aromatic heterocycles. The third-order valence-electron chi connectivity index (χ3n) is 4.36. The summed E-state index contributed by atoms with van der Waals surface area (Å²) in [6.07, 6.45) is 0.314. The van der Waals surface area contributed by atoms with E-state index in [1.807, 2.05) is 0 Å². The fraction of sp³-hybridized carbons (Fsp3) is 0.500. The van der Waals surface area contributed by atoms with Gasteiger partial charge in [0.15, 0.2) is 9.84 Å². The number of anilines is 1. The average Bonchev–Trinajstić information content (AvgIpc) is 2.88. The Hall–Kier alpha value is -2.03. The Labute approximate surface area is 145 Å². The zero-order valence-electron chi connectivity index (χ0n) is 14.2. The SMILES string of the molecule is CN(C(=O)C(C)(C)C(=O)Nc1ccc(F)cc1F)C1CCS(=O)(=O)C1. The Morgan fingerprint density at radius 1 is 1.28 bits per heavy atom. The fourth-order valence-corrected chi connectivity index (χ4v) is 4.43. The Bertz CT molecular complexity index is 808. The highest BCUT2D eigenvalue weighted by Gasteiger charge is 2.42. The van der Waals surface area contributed by atoms with Gasteiger partial charge in [0.25, 0.3) is 0 Å². The maximum absolute atomic E-state index is 13.7. The number of hydrogen-bond acceptors (Lipinski definition) is 4. The summed E-state index contributed by atoms with van der Waals surface area (Å²) in [7, 11) is -1.73. The second-order valence-corrected chi connectivity index (χ2v) is 8.90. The van der Waals surface area contributed by atoms with Gasteiger partial charge in [0.05, 0.1) is 17.2 Å². The topological polar surface area (TPSA) is 83.6 Å². The molecule has 0 spiro atoms. The molecule has 1 fully saturated rings. The Morgan fingerprint density at radius 3 is 2.44 bits per heavy atom. The lowest BCUT2D eigenvalue weighted by Gasteiger charge is -2.31. The van der Waals surface area contributed by atoms with Crippen molar-refractivity contribution in [3.63, 3.8) is 0 Å². The van der Waals surface area contributed by atoms with Crippen LogP contribution in [0.25, 0.3) is 0 Å². The predicted octanol–water partition coefficient (Wildman–Crippen LogP) is 1.57. The number of nitrogens with zero attached hydrogens (tertiary/aromatic N) is 1. The van der Waals surface area contributed by atoms with E-state index in [9.17, 15) is 26.8 Å². The molecule has 1 aromatic carbocycles. The average molecular weight is 374 g/mol. The molecule has 25 heavy (non-hydrogen) atoms. The summed E-state index contributed by atoms with van der Waals surface area (Å²) >= 11 is 0. The molecule has 2 amide bonds. The van der Waals surface area contributed by atoms with Crippen molar-refractivity contribution >= 4 is 27.3 Å². The number of hydrogen-bond donors (Lipinski definition) is 1. The summed E-state index contributed by atoms with van der Waals surface area (Å²) in [6.45, 7) is 2.73. The second-order valence-electron chi connectivity index (χ2n) is 6.68. The molecule has 2 rings (SSSR count). The van der Waals surface area contributed by atoms with Gasteiger partial charge < -0.3 is 10.2 Å². The summed E-state index contributed by atoms with van der Waals surface area (Å²) < 4.78 is 49.7. The van der Waals surface area contributed by atoms with Crippen molar-refractivity contribution in [3.05, 3.63) is 29.8 Å². The largest absolute Gasteiger partial charge is 0.341 e. The first-order valence-corrected chi connectivity index (χ1v) is 9.50. The van der Waals surface area contributed by atoms with E-state index in [2.05, 4.69) is 5.32 Å². The van der Waals surface area contributed by atoms with E-state index >= 15 is 0 Å². The molecular formula is C16H20F2N2O4S. The summed E-state index contributed by atoms with van der Waals surface area (Å²) in [5, 5.41) is 2.27. The number of rotatable bonds is 4. The van der Waals surface area contributed by atoms with E-state index in [-0.39, 0.29) is 17.2 Å². The third kappa shape index (κ3) is 4.15. The van der Waals surface area contributed by atoms with Gasteiger partial charge in [0.2, 0.25) is 11.8 Å². The van der Waals surface area contributed by atoms with Gasteiger partial charge >= 0.3 is 0 Å². The van der Waals surface area contributed by atoms with E-state index in [0.717, 1.165) is 12.1 Å². The van der Waals surface area contributed by atoms with Crippen molar-refractivity contribution in [3.8, 4) is 0 Å². The molecule has 1 saturated heterocycles. The predicted molar refractivity (Wildman–Crippen MR) is 88.6 cm³/mol. The van der Waals surface area contributed by atoms with Crippen LogP contribution < -0.4 is 5.32 Å². The quantitative estimate of drug-likeness (QED) is 0.811. The molecular weight excluding hydrogens is 354 g/mol. The van der Waals surface area contributed by atoms with Crippen molar-refractivity contribution in [1.29, 1.82) is 0 Å². The smallest absolute Gasteiger partial charge is 0.239 e. The van der Waals surface area contributed by atoms with Crippen LogP contribution >= 0.6 is 0 Å². The molecule has 0 bridgehead atoms. The number of carbonyl (C=O) groups excluding carboxylic acids is 2. The van der Waals surface area contributed by atoms with Gasteiger partial charge in [-0.05, 0) is 32.4 Å².